The van der Waals surface area contributed by atoms with E-state index in [1.165, 1.54) is 0 Å². The molecule has 2 aromatic rings. The van der Waals surface area contributed by atoms with E-state index in [0.29, 0.717) is 11.6 Å². The van der Waals surface area contributed by atoms with Crippen molar-refractivity contribution in [3.63, 3.8) is 0 Å². The first-order valence-corrected chi connectivity index (χ1v) is 7.52. The van der Waals surface area contributed by atoms with Gasteiger partial charge in [-0.3, -0.25) is 0 Å². The summed E-state index contributed by atoms with van der Waals surface area (Å²) in [4.78, 5) is 0.375. The molecule has 98 valence electrons. The highest BCUT2D eigenvalue weighted by molar-refractivity contribution is 9.10. The van der Waals surface area contributed by atoms with Crippen molar-refractivity contribution in [3.8, 4) is 5.75 Å². The summed E-state index contributed by atoms with van der Waals surface area (Å²) in [5, 5.41) is 0. The quantitative estimate of drug-likeness (QED) is 0.771. The first-order chi connectivity index (χ1) is 9.06. The molecule has 0 unspecified atom stereocenters. The predicted molar refractivity (Wildman–Crippen MR) is 88.5 cm³/mol. The molecule has 0 aromatic heterocycles. The molecule has 0 aliphatic carbocycles. The van der Waals surface area contributed by atoms with Crippen LogP contribution in [0.5, 0.6) is 5.75 Å². The second-order valence-corrected chi connectivity index (χ2v) is 6.13. The zero-order chi connectivity index (χ0) is 13.8. The summed E-state index contributed by atoms with van der Waals surface area (Å²) in [5.41, 5.74) is 7.50. The molecule has 0 radical (unpaired) electrons. The Labute approximate surface area is 134 Å². The van der Waals surface area contributed by atoms with Gasteiger partial charge >= 0.3 is 0 Å². The molecule has 5 heteroatoms. The van der Waals surface area contributed by atoms with E-state index in [1.54, 1.807) is 0 Å². The van der Waals surface area contributed by atoms with E-state index >= 15 is 0 Å². The van der Waals surface area contributed by atoms with Crippen LogP contribution in [0.25, 0.3) is 0 Å². The Balaban J connectivity index is 2.07. The molecular weight excluding hydrogens is 390 g/mol. The highest BCUT2D eigenvalue weighted by Crippen LogP contribution is 2.27. The van der Waals surface area contributed by atoms with E-state index in [2.05, 4.69) is 31.9 Å². The molecule has 0 saturated heterocycles. The third-order valence-electron chi connectivity index (χ3n) is 2.52. The van der Waals surface area contributed by atoms with Gasteiger partial charge in [0.25, 0.3) is 0 Å². The van der Waals surface area contributed by atoms with Gasteiger partial charge in [0.15, 0.2) is 0 Å². The number of thiocarbonyl (C=S) groups is 1. The summed E-state index contributed by atoms with van der Waals surface area (Å²) in [7, 11) is 0. The molecule has 19 heavy (non-hydrogen) atoms. The first-order valence-electron chi connectivity index (χ1n) is 5.53. The van der Waals surface area contributed by atoms with Crippen LogP contribution in [0.2, 0.25) is 0 Å². The minimum absolute atomic E-state index is 0.375. The molecule has 2 nitrogen and oxygen atoms in total. The molecule has 0 fully saturated rings. The van der Waals surface area contributed by atoms with Crippen LogP contribution < -0.4 is 10.5 Å². The molecule has 0 heterocycles. The van der Waals surface area contributed by atoms with Crippen LogP contribution in [-0.2, 0) is 6.61 Å². The zero-order valence-corrected chi connectivity index (χ0v) is 13.9. The number of hydrogen-bond donors (Lipinski definition) is 1. The van der Waals surface area contributed by atoms with Crippen molar-refractivity contribution >= 4 is 49.1 Å². The fourth-order valence-corrected chi connectivity index (χ4v) is 2.40. The van der Waals surface area contributed by atoms with Gasteiger partial charge in [0.1, 0.15) is 17.3 Å². The van der Waals surface area contributed by atoms with Crippen LogP contribution in [0.3, 0.4) is 0 Å². The minimum Gasteiger partial charge on any atom is -0.488 e. The van der Waals surface area contributed by atoms with E-state index in [1.807, 2.05) is 42.5 Å². The molecule has 0 amide bonds. The van der Waals surface area contributed by atoms with Gasteiger partial charge in [0.05, 0.1) is 4.47 Å². The maximum Gasteiger partial charge on any atom is 0.134 e. The lowest BCUT2D eigenvalue weighted by Gasteiger charge is -2.09. The van der Waals surface area contributed by atoms with Gasteiger partial charge in [-0.25, -0.2) is 0 Å². The summed E-state index contributed by atoms with van der Waals surface area (Å²) in [6.07, 6.45) is 0. The second kappa shape index (κ2) is 6.50. The molecule has 2 aromatic carbocycles. The number of nitrogens with two attached hydrogens (primary N) is 1. The fraction of sp³-hybridized carbons (Fsp3) is 0.0714. The highest BCUT2D eigenvalue weighted by atomic mass is 79.9. The molecule has 0 aliphatic heterocycles. The van der Waals surface area contributed by atoms with Gasteiger partial charge in [-0.15, -0.1) is 0 Å². The topological polar surface area (TPSA) is 35.2 Å². The molecule has 2 N–H and O–H groups in total. The zero-order valence-electron chi connectivity index (χ0n) is 9.90. The molecule has 0 spiro atoms. The Morgan fingerprint density at radius 2 is 1.79 bits per heavy atom. The van der Waals surface area contributed by atoms with E-state index in [-0.39, 0.29) is 0 Å². The Morgan fingerprint density at radius 3 is 2.37 bits per heavy atom. The molecule has 0 bridgehead atoms. The third kappa shape index (κ3) is 4.03. The van der Waals surface area contributed by atoms with Gasteiger partial charge < -0.3 is 10.5 Å². The van der Waals surface area contributed by atoms with E-state index < -0.39 is 0 Å². The first kappa shape index (κ1) is 14.5. The smallest absolute Gasteiger partial charge is 0.134 e. The van der Waals surface area contributed by atoms with Gasteiger partial charge in [-0.2, -0.15) is 0 Å². The lowest BCUT2D eigenvalue weighted by atomic mass is 10.2. The summed E-state index contributed by atoms with van der Waals surface area (Å²) in [6, 6.07) is 13.6. The van der Waals surface area contributed by atoms with Crippen molar-refractivity contribution in [2.45, 2.75) is 6.61 Å². The Bertz CT molecular complexity index is 599. The van der Waals surface area contributed by atoms with Crippen LogP contribution in [0.4, 0.5) is 0 Å². The molecular formula is C14H11Br2NOS. The Kier molecular flexibility index (Phi) is 4.96. The van der Waals surface area contributed by atoms with Crippen molar-refractivity contribution < 1.29 is 4.74 Å². The average Bonchev–Trinajstić information content (AvgIpc) is 2.39. The SMILES string of the molecule is NC(=S)c1ccc(OCc2ccc(Br)cc2)c(Br)c1. The summed E-state index contributed by atoms with van der Waals surface area (Å²) in [6.45, 7) is 0.512. The van der Waals surface area contributed by atoms with Crippen molar-refractivity contribution in [1.29, 1.82) is 0 Å². The Morgan fingerprint density at radius 1 is 1.11 bits per heavy atom. The lowest BCUT2D eigenvalue weighted by molar-refractivity contribution is 0.304. The number of ether oxygens (including phenoxy) is 1. The maximum absolute atomic E-state index is 5.75. The third-order valence-corrected chi connectivity index (χ3v) is 3.91. The summed E-state index contributed by atoms with van der Waals surface area (Å²) < 4.78 is 7.65. The van der Waals surface area contributed by atoms with Gasteiger partial charge in [0, 0.05) is 10.0 Å². The van der Waals surface area contributed by atoms with Crippen LogP contribution in [0.1, 0.15) is 11.1 Å². The van der Waals surface area contributed by atoms with Crippen molar-refractivity contribution in [1.82, 2.24) is 0 Å². The van der Waals surface area contributed by atoms with Crippen LogP contribution in [-0.4, -0.2) is 4.99 Å². The average molecular weight is 401 g/mol. The second-order valence-electron chi connectivity index (χ2n) is 3.92. The Hall–Kier alpha value is -0.910. The number of halogens is 2. The normalized spacial score (nSPS) is 10.2. The predicted octanol–water partition coefficient (Wildman–Crippen LogP) is 4.42. The summed E-state index contributed by atoms with van der Waals surface area (Å²) >= 11 is 11.8. The largest absolute Gasteiger partial charge is 0.488 e. The van der Waals surface area contributed by atoms with Crippen molar-refractivity contribution in [3.05, 3.63) is 62.5 Å². The van der Waals surface area contributed by atoms with E-state index in [4.69, 9.17) is 22.7 Å². The summed E-state index contributed by atoms with van der Waals surface area (Å²) in [5.74, 6) is 0.767. The fourth-order valence-electron chi connectivity index (χ4n) is 1.51. The van der Waals surface area contributed by atoms with Crippen LogP contribution in [0, 0.1) is 0 Å². The molecule has 0 aliphatic rings. The minimum atomic E-state index is 0.375. The standard InChI is InChI=1S/C14H11Br2NOS/c15-11-4-1-9(2-5-11)8-18-13-6-3-10(14(17)19)7-12(13)16/h1-7H,8H2,(H2,17,19). The van der Waals surface area contributed by atoms with Crippen molar-refractivity contribution in [2.75, 3.05) is 0 Å². The van der Waals surface area contributed by atoms with E-state index in [9.17, 15) is 0 Å². The number of rotatable bonds is 4. The van der Waals surface area contributed by atoms with Crippen LogP contribution in [0.15, 0.2) is 51.4 Å². The van der Waals surface area contributed by atoms with Gasteiger partial charge in [-0.1, -0.05) is 40.3 Å². The van der Waals surface area contributed by atoms with Crippen molar-refractivity contribution in [2.24, 2.45) is 5.73 Å². The molecule has 2 rings (SSSR count). The lowest BCUT2D eigenvalue weighted by Crippen LogP contribution is -2.09. The van der Waals surface area contributed by atoms with Gasteiger partial charge in [-0.05, 0) is 51.8 Å². The molecule has 0 atom stereocenters. The number of hydrogen-bond acceptors (Lipinski definition) is 2. The van der Waals surface area contributed by atoms with Crippen LogP contribution >= 0.6 is 44.1 Å². The van der Waals surface area contributed by atoms with Gasteiger partial charge in [0.2, 0.25) is 0 Å². The highest BCUT2D eigenvalue weighted by Gasteiger charge is 2.04. The molecule has 0 saturated carbocycles. The monoisotopic (exact) mass is 399 g/mol. The maximum atomic E-state index is 5.75. The van der Waals surface area contributed by atoms with E-state index in [0.717, 1.165) is 25.8 Å². The number of benzene rings is 2.